The first-order valence-corrected chi connectivity index (χ1v) is 7.49. The second-order valence-corrected chi connectivity index (χ2v) is 10.3. The van der Waals surface area contributed by atoms with Crippen molar-refractivity contribution in [3.05, 3.63) is 0 Å². The molecule has 0 spiro atoms. The molecule has 0 amide bonds. The lowest BCUT2D eigenvalue weighted by molar-refractivity contribution is 0.357. The van der Waals surface area contributed by atoms with Crippen molar-refractivity contribution in [2.75, 3.05) is 13.3 Å². The van der Waals surface area contributed by atoms with Crippen LogP contribution in [0.4, 0.5) is 0 Å². The van der Waals surface area contributed by atoms with Crippen molar-refractivity contribution in [1.82, 2.24) is 0 Å². The molecule has 1 rings (SSSR count). The molecule has 0 bridgehead atoms. The third-order valence-electron chi connectivity index (χ3n) is 2.39. The average molecular weight is 163 g/mol. The average Bonchev–Trinajstić information content (AvgIpc) is 1.57. The van der Waals surface area contributed by atoms with Crippen LogP contribution in [0.25, 0.3) is 0 Å². The quantitative estimate of drug-likeness (QED) is 0.446. The lowest BCUT2D eigenvalue weighted by atomic mass is 9.87. The van der Waals surface area contributed by atoms with Gasteiger partial charge in [0.15, 0.2) is 0 Å². The molecule has 0 saturated heterocycles. The number of rotatable bonds is 1. The topological polar surface area (TPSA) is 0 Å². The van der Waals surface area contributed by atoms with Crippen molar-refractivity contribution in [2.24, 2.45) is 5.92 Å². The molecule has 1 aliphatic carbocycles. The first-order valence-electron chi connectivity index (χ1n) is 3.58. The van der Waals surface area contributed by atoms with E-state index in [1.807, 2.05) is 0 Å². The molecule has 2 atom stereocenters. The van der Waals surface area contributed by atoms with E-state index in [1.54, 1.807) is 0 Å². The molecule has 2 heteroatoms. The summed E-state index contributed by atoms with van der Waals surface area (Å²) in [6, 6.07) is 0. The Balaban J connectivity index is 2.44. The smallest absolute Gasteiger partial charge is 0.0587 e. The SMILES string of the molecule is CC1CCC1[P+](C)(C)S. The first kappa shape index (κ1) is 7.88. The third-order valence-corrected chi connectivity index (χ3v) is 5.67. The molecule has 0 aliphatic heterocycles. The van der Waals surface area contributed by atoms with Crippen molar-refractivity contribution < 1.29 is 0 Å². The van der Waals surface area contributed by atoms with Crippen LogP contribution in [0.15, 0.2) is 0 Å². The van der Waals surface area contributed by atoms with E-state index >= 15 is 0 Å². The Kier molecular flexibility index (Phi) is 2.13. The Labute approximate surface area is 63.9 Å². The largest absolute Gasteiger partial charge is 0.0818 e. The van der Waals surface area contributed by atoms with Crippen molar-refractivity contribution in [2.45, 2.75) is 25.4 Å². The van der Waals surface area contributed by atoms with E-state index in [9.17, 15) is 0 Å². The summed E-state index contributed by atoms with van der Waals surface area (Å²) < 4.78 is 0. The van der Waals surface area contributed by atoms with Gasteiger partial charge in [-0.1, -0.05) is 6.92 Å². The van der Waals surface area contributed by atoms with Crippen molar-refractivity contribution >= 4 is 18.7 Å². The molecule has 1 fully saturated rings. The van der Waals surface area contributed by atoms with Crippen LogP contribution >= 0.6 is 18.7 Å². The van der Waals surface area contributed by atoms with Crippen LogP contribution < -0.4 is 0 Å². The van der Waals surface area contributed by atoms with Gasteiger partial charge in [-0.15, -0.1) is 0 Å². The van der Waals surface area contributed by atoms with Gasteiger partial charge in [-0.25, -0.2) is 0 Å². The zero-order valence-corrected chi connectivity index (χ0v) is 8.25. The molecule has 0 aromatic heterocycles. The molecule has 0 aromatic rings. The van der Waals surface area contributed by atoms with Gasteiger partial charge in [-0.3, -0.25) is 0 Å². The monoisotopic (exact) mass is 163 g/mol. The second kappa shape index (κ2) is 2.43. The van der Waals surface area contributed by atoms with Gasteiger partial charge in [0.1, 0.15) is 0 Å². The fraction of sp³-hybridized carbons (Fsp3) is 1.00. The fourth-order valence-electron chi connectivity index (χ4n) is 1.59. The minimum Gasteiger partial charge on any atom is -0.0587 e. The summed E-state index contributed by atoms with van der Waals surface area (Å²) in [5, 5.41) is 0. The molecule has 0 heterocycles. The van der Waals surface area contributed by atoms with Crippen LogP contribution in [-0.4, -0.2) is 19.0 Å². The molecule has 0 N–H and O–H groups in total. The number of hydrogen-bond donors (Lipinski definition) is 1. The summed E-state index contributed by atoms with van der Waals surface area (Å²) in [5.41, 5.74) is 0.973. The van der Waals surface area contributed by atoms with Gasteiger partial charge in [0.25, 0.3) is 0 Å². The minimum absolute atomic E-state index is 0.782. The van der Waals surface area contributed by atoms with Crippen LogP contribution in [-0.2, 0) is 0 Å². The highest BCUT2D eigenvalue weighted by Gasteiger charge is 2.43. The zero-order chi connectivity index (χ0) is 7.07. The standard InChI is InChI=1S/C7H16PS/c1-6-4-5-7(6)8(2,3)9/h6-7,9H,4-5H2,1-3H3/q+1. The van der Waals surface area contributed by atoms with E-state index < -0.39 is 6.46 Å². The van der Waals surface area contributed by atoms with Crippen LogP contribution in [0, 0.1) is 5.92 Å². The van der Waals surface area contributed by atoms with Gasteiger partial charge < -0.3 is 0 Å². The van der Waals surface area contributed by atoms with E-state index in [1.165, 1.54) is 12.8 Å². The van der Waals surface area contributed by atoms with E-state index in [0.29, 0.717) is 0 Å². The van der Waals surface area contributed by atoms with Gasteiger partial charge in [-0.05, 0) is 18.8 Å². The van der Waals surface area contributed by atoms with Gasteiger partial charge in [-0.2, -0.15) is 0 Å². The Morgan fingerprint density at radius 1 is 1.33 bits per heavy atom. The molecule has 2 unspecified atom stereocenters. The lowest BCUT2D eigenvalue weighted by Gasteiger charge is -2.36. The van der Waals surface area contributed by atoms with Gasteiger partial charge in [0.05, 0.1) is 25.5 Å². The maximum atomic E-state index is 4.65. The fourth-order valence-corrected chi connectivity index (χ4v) is 4.79. The van der Waals surface area contributed by atoms with Crippen molar-refractivity contribution in [1.29, 1.82) is 0 Å². The summed E-state index contributed by atoms with van der Waals surface area (Å²) in [6.07, 6.45) is 2.88. The van der Waals surface area contributed by atoms with Crippen LogP contribution in [0.5, 0.6) is 0 Å². The van der Waals surface area contributed by atoms with E-state index in [2.05, 4.69) is 32.5 Å². The molecule has 0 aromatic carbocycles. The van der Waals surface area contributed by atoms with Crippen molar-refractivity contribution in [3.8, 4) is 0 Å². The Hall–Kier alpha value is 0.780. The van der Waals surface area contributed by atoms with E-state index in [-0.39, 0.29) is 0 Å². The third kappa shape index (κ3) is 1.62. The normalized spacial score (nSPS) is 36.0. The molecule has 1 aliphatic rings. The summed E-state index contributed by atoms with van der Waals surface area (Å²) in [6.45, 7) is 6.23. The van der Waals surface area contributed by atoms with Gasteiger partial charge >= 0.3 is 0 Å². The molecule has 54 valence electrons. The van der Waals surface area contributed by atoms with Crippen LogP contribution in [0.3, 0.4) is 0 Å². The molecule has 1 saturated carbocycles. The predicted molar refractivity (Wildman–Crippen MR) is 49.9 cm³/mol. The van der Waals surface area contributed by atoms with E-state index in [4.69, 9.17) is 0 Å². The molecule has 9 heavy (non-hydrogen) atoms. The van der Waals surface area contributed by atoms with Gasteiger partial charge in [0, 0.05) is 12.2 Å². The zero-order valence-electron chi connectivity index (χ0n) is 6.46. The predicted octanol–water partition coefficient (Wildman–Crippen LogP) is 2.91. The minimum atomic E-state index is -0.782. The summed E-state index contributed by atoms with van der Waals surface area (Å²) in [7, 11) is 0. The Morgan fingerprint density at radius 2 is 1.89 bits per heavy atom. The second-order valence-electron chi connectivity index (χ2n) is 3.60. The molecular weight excluding hydrogens is 147 g/mol. The lowest BCUT2D eigenvalue weighted by Crippen LogP contribution is -2.29. The molecule has 0 radical (unpaired) electrons. The highest BCUT2D eigenvalue weighted by atomic mass is 32.7. The summed E-state index contributed by atoms with van der Waals surface area (Å²) >= 11 is 4.65. The Morgan fingerprint density at radius 3 is 1.89 bits per heavy atom. The Bertz CT molecular complexity index is 106. The summed E-state index contributed by atoms with van der Waals surface area (Å²) in [5.74, 6) is 0.964. The first-order chi connectivity index (χ1) is 4.02. The van der Waals surface area contributed by atoms with Crippen LogP contribution in [0.2, 0.25) is 0 Å². The van der Waals surface area contributed by atoms with Crippen molar-refractivity contribution in [3.63, 3.8) is 0 Å². The van der Waals surface area contributed by atoms with Crippen LogP contribution in [0.1, 0.15) is 19.8 Å². The highest BCUT2D eigenvalue weighted by Crippen LogP contribution is 2.67. The maximum absolute atomic E-state index is 4.65. The molecule has 0 nitrogen and oxygen atoms in total. The summed E-state index contributed by atoms with van der Waals surface area (Å²) in [4.78, 5) is 0. The number of thiol groups is 1. The van der Waals surface area contributed by atoms with E-state index in [0.717, 1.165) is 11.6 Å². The van der Waals surface area contributed by atoms with Gasteiger partial charge in [0.2, 0.25) is 0 Å². The number of hydrogen-bond acceptors (Lipinski definition) is 1. The maximum Gasteiger partial charge on any atom is 0.0818 e. The highest BCUT2D eigenvalue weighted by molar-refractivity contribution is 8.52. The molecular formula is C7H16PS+.